The normalized spacial score (nSPS) is 12.4. The van der Waals surface area contributed by atoms with Crippen LogP contribution in [0.5, 0.6) is 5.75 Å². The van der Waals surface area contributed by atoms with Crippen molar-refractivity contribution in [2.45, 2.75) is 26.4 Å². The van der Waals surface area contributed by atoms with Crippen molar-refractivity contribution in [1.82, 2.24) is 5.43 Å². The summed E-state index contributed by atoms with van der Waals surface area (Å²) in [5.41, 5.74) is 3.83. The Kier molecular flexibility index (Phi) is 6.19. The first-order valence-electron chi connectivity index (χ1n) is 8.45. The van der Waals surface area contributed by atoms with Crippen LogP contribution in [0.4, 0.5) is 0 Å². The lowest BCUT2D eigenvalue weighted by Crippen LogP contribution is -2.16. The van der Waals surface area contributed by atoms with Gasteiger partial charge in [0, 0.05) is 9.86 Å². The van der Waals surface area contributed by atoms with E-state index < -0.39 is 5.91 Å². The summed E-state index contributed by atoms with van der Waals surface area (Å²) in [6.07, 6.45) is 2.49. The third kappa shape index (κ3) is 4.90. The van der Waals surface area contributed by atoms with Gasteiger partial charge in [0.2, 0.25) is 0 Å². The summed E-state index contributed by atoms with van der Waals surface area (Å²) in [5.74, 6) is 0.387. The summed E-state index contributed by atoms with van der Waals surface area (Å²) in [7, 11) is 0. The van der Waals surface area contributed by atoms with E-state index in [1.165, 1.54) is 6.21 Å². The van der Waals surface area contributed by atoms with Gasteiger partial charge in [0.25, 0.3) is 0 Å². The fourth-order valence-corrected chi connectivity index (χ4v) is 2.95. The zero-order valence-electron chi connectivity index (χ0n) is 14.8. The maximum absolute atomic E-state index is 12.2. The Labute approximate surface area is 170 Å². The van der Waals surface area contributed by atoms with Crippen LogP contribution in [0.3, 0.4) is 0 Å². The second kappa shape index (κ2) is 8.59. The number of hydrogen-bond acceptors (Lipinski definition) is 4. The summed E-state index contributed by atoms with van der Waals surface area (Å²) in [6.45, 7) is 4.03. The molecule has 0 saturated heterocycles. The van der Waals surface area contributed by atoms with Gasteiger partial charge in [0.1, 0.15) is 11.3 Å². The molecule has 0 radical (unpaired) electrons. The molecule has 1 amide bonds. The quantitative estimate of drug-likeness (QED) is 0.383. The van der Waals surface area contributed by atoms with Crippen molar-refractivity contribution in [2.75, 3.05) is 0 Å². The van der Waals surface area contributed by atoms with Gasteiger partial charge in [-0.15, -0.1) is 0 Å². The smallest absolute Gasteiger partial charge is 0.307 e. The molecule has 3 rings (SSSR count). The van der Waals surface area contributed by atoms with Crippen LogP contribution in [0.1, 0.15) is 36.4 Å². The Morgan fingerprint density at radius 2 is 2.15 bits per heavy atom. The number of halogens is 2. The highest BCUT2D eigenvalue weighted by molar-refractivity contribution is 9.10. The predicted molar refractivity (Wildman–Crippen MR) is 111 cm³/mol. The SMILES string of the molecule is CC[C@@H](C)Oc1ccc(/C=N/NC(=O)c2cc3cc(Br)ccc3o2)cc1Cl. The topological polar surface area (TPSA) is 63.8 Å². The van der Waals surface area contributed by atoms with Crippen molar-refractivity contribution < 1.29 is 13.9 Å². The standard InChI is InChI=1S/C20H18BrClN2O3/c1-3-12(2)26-18-6-4-13(8-16(18)22)11-23-24-20(25)19-10-14-9-15(21)5-7-17(14)27-19/h4-12H,3H2,1-2H3,(H,24,25)/b23-11+/t12-/m1/s1. The second-order valence-corrected chi connectivity index (χ2v) is 7.34. The Bertz CT molecular complexity index is 1000. The summed E-state index contributed by atoms with van der Waals surface area (Å²) in [4.78, 5) is 12.2. The summed E-state index contributed by atoms with van der Waals surface area (Å²) >= 11 is 9.62. The molecule has 0 fully saturated rings. The molecule has 1 aromatic heterocycles. The van der Waals surface area contributed by atoms with Gasteiger partial charge in [-0.2, -0.15) is 5.10 Å². The van der Waals surface area contributed by atoms with Crippen LogP contribution in [0.2, 0.25) is 5.02 Å². The van der Waals surface area contributed by atoms with E-state index in [9.17, 15) is 4.79 Å². The molecule has 27 heavy (non-hydrogen) atoms. The highest BCUT2D eigenvalue weighted by Gasteiger charge is 2.12. The number of hydrazone groups is 1. The van der Waals surface area contributed by atoms with E-state index in [0.717, 1.165) is 21.8 Å². The minimum Gasteiger partial charge on any atom is -0.489 e. The number of rotatable bonds is 6. The molecule has 0 saturated carbocycles. The van der Waals surface area contributed by atoms with Gasteiger partial charge in [-0.3, -0.25) is 4.79 Å². The molecule has 2 aromatic carbocycles. The van der Waals surface area contributed by atoms with E-state index >= 15 is 0 Å². The molecule has 0 bridgehead atoms. The Balaban J connectivity index is 1.65. The molecule has 0 aliphatic carbocycles. The number of nitrogens with zero attached hydrogens (tertiary/aromatic N) is 1. The highest BCUT2D eigenvalue weighted by Crippen LogP contribution is 2.26. The van der Waals surface area contributed by atoms with E-state index in [2.05, 4.69) is 26.5 Å². The molecule has 140 valence electrons. The lowest BCUT2D eigenvalue weighted by atomic mass is 10.2. The molecule has 0 aliphatic heterocycles. The van der Waals surface area contributed by atoms with E-state index in [-0.39, 0.29) is 11.9 Å². The maximum Gasteiger partial charge on any atom is 0.307 e. The van der Waals surface area contributed by atoms with E-state index in [1.807, 2.05) is 32.0 Å². The zero-order chi connectivity index (χ0) is 19.4. The number of benzene rings is 2. The van der Waals surface area contributed by atoms with Gasteiger partial charge in [0.05, 0.1) is 17.3 Å². The largest absolute Gasteiger partial charge is 0.489 e. The van der Waals surface area contributed by atoms with Crippen molar-refractivity contribution in [3.8, 4) is 5.75 Å². The molecular weight excluding hydrogens is 432 g/mol. The monoisotopic (exact) mass is 448 g/mol. The number of furan rings is 1. The molecule has 0 aliphatic rings. The average molecular weight is 450 g/mol. The van der Waals surface area contributed by atoms with Gasteiger partial charge < -0.3 is 9.15 Å². The first-order valence-corrected chi connectivity index (χ1v) is 9.62. The molecule has 0 spiro atoms. The maximum atomic E-state index is 12.2. The van der Waals surface area contributed by atoms with Crippen LogP contribution in [0.25, 0.3) is 11.0 Å². The first kappa shape index (κ1) is 19.5. The van der Waals surface area contributed by atoms with E-state index in [4.69, 9.17) is 20.8 Å². The van der Waals surface area contributed by atoms with E-state index in [0.29, 0.717) is 16.4 Å². The molecule has 1 N–H and O–H groups in total. The molecule has 5 nitrogen and oxygen atoms in total. The fourth-order valence-electron chi connectivity index (χ4n) is 2.34. The number of nitrogens with one attached hydrogen (secondary N) is 1. The molecule has 7 heteroatoms. The number of ether oxygens (including phenoxy) is 1. The zero-order valence-corrected chi connectivity index (χ0v) is 17.2. The van der Waals surface area contributed by atoms with Gasteiger partial charge in [-0.1, -0.05) is 34.5 Å². The number of carbonyl (C=O) groups excluding carboxylic acids is 1. The lowest BCUT2D eigenvalue weighted by molar-refractivity contribution is 0.0929. The van der Waals surface area contributed by atoms with Crippen LogP contribution < -0.4 is 10.2 Å². The van der Waals surface area contributed by atoms with Crippen LogP contribution in [-0.4, -0.2) is 18.2 Å². The summed E-state index contributed by atoms with van der Waals surface area (Å²) in [6, 6.07) is 12.5. The number of fused-ring (bicyclic) bond motifs is 1. The van der Waals surface area contributed by atoms with Gasteiger partial charge in [0.15, 0.2) is 5.76 Å². The average Bonchev–Trinajstić information content (AvgIpc) is 3.07. The molecule has 0 unspecified atom stereocenters. The first-order chi connectivity index (χ1) is 13.0. The van der Waals surface area contributed by atoms with Gasteiger partial charge in [-0.25, -0.2) is 5.43 Å². The Hall–Kier alpha value is -2.31. The summed E-state index contributed by atoms with van der Waals surface area (Å²) in [5, 5.41) is 5.29. The predicted octanol–water partition coefficient (Wildman–Crippen LogP) is 5.79. The molecule has 3 aromatic rings. The third-order valence-electron chi connectivity index (χ3n) is 3.94. The van der Waals surface area contributed by atoms with Gasteiger partial charge in [-0.05, 0) is 61.4 Å². The van der Waals surface area contributed by atoms with Crippen LogP contribution in [-0.2, 0) is 0 Å². The Morgan fingerprint density at radius 3 is 2.89 bits per heavy atom. The number of carbonyl (C=O) groups is 1. The van der Waals surface area contributed by atoms with Gasteiger partial charge >= 0.3 is 5.91 Å². The van der Waals surface area contributed by atoms with Crippen LogP contribution in [0, 0.1) is 0 Å². The van der Waals surface area contributed by atoms with Crippen molar-refractivity contribution in [3.05, 3.63) is 63.3 Å². The highest BCUT2D eigenvalue weighted by atomic mass is 79.9. The van der Waals surface area contributed by atoms with Crippen molar-refractivity contribution >= 4 is 50.6 Å². The lowest BCUT2D eigenvalue weighted by Gasteiger charge is -2.13. The minimum atomic E-state index is -0.429. The van der Waals surface area contributed by atoms with Crippen LogP contribution >= 0.6 is 27.5 Å². The number of hydrogen-bond donors (Lipinski definition) is 1. The number of amides is 1. The summed E-state index contributed by atoms with van der Waals surface area (Å²) < 4.78 is 12.2. The van der Waals surface area contributed by atoms with Crippen molar-refractivity contribution in [2.24, 2.45) is 5.10 Å². The Morgan fingerprint density at radius 1 is 1.33 bits per heavy atom. The molecule has 1 heterocycles. The van der Waals surface area contributed by atoms with Crippen LogP contribution in [0.15, 0.2) is 56.5 Å². The minimum absolute atomic E-state index is 0.0886. The van der Waals surface area contributed by atoms with Crippen molar-refractivity contribution in [1.29, 1.82) is 0 Å². The van der Waals surface area contributed by atoms with Crippen molar-refractivity contribution in [3.63, 3.8) is 0 Å². The second-order valence-electron chi connectivity index (χ2n) is 6.02. The third-order valence-corrected chi connectivity index (χ3v) is 4.73. The molecular formula is C20H18BrClN2O3. The fraction of sp³-hybridized carbons (Fsp3) is 0.200. The molecule has 1 atom stereocenters. The van der Waals surface area contributed by atoms with E-state index in [1.54, 1.807) is 24.3 Å².